The van der Waals surface area contributed by atoms with Crippen molar-refractivity contribution in [2.75, 3.05) is 12.4 Å². The summed E-state index contributed by atoms with van der Waals surface area (Å²) in [5.74, 6) is 0.564. The third kappa shape index (κ3) is 2.39. The molecule has 5 heteroatoms. The van der Waals surface area contributed by atoms with Crippen LogP contribution in [0, 0.1) is 0 Å². The molecular weight excluding hydrogens is 282 g/mol. The summed E-state index contributed by atoms with van der Waals surface area (Å²) in [6.45, 7) is 3.94. The molecule has 0 radical (unpaired) electrons. The van der Waals surface area contributed by atoms with Gasteiger partial charge in [0.2, 0.25) is 5.75 Å². The number of rotatable bonds is 3. The van der Waals surface area contributed by atoms with Gasteiger partial charge in [0.15, 0.2) is 11.5 Å². The first-order chi connectivity index (χ1) is 10.5. The van der Waals surface area contributed by atoms with Gasteiger partial charge in [-0.05, 0) is 37.6 Å². The minimum atomic E-state index is -0.257. The zero-order valence-corrected chi connectivity index (χ0v) is 12.8. The van der Waals surface area contributed by atoms with Crippen molar-refractivity contribution in [3.05, 3.63) is 41.2 Å². The molecule has 0 fully saturated rings. The lowest BCUT2D eigenvalue weighted by Crippen LogP contribution is -2.24. The van der Waals surface area contributed by atoms with Crippen LogP contribution in [0.1, 0.15) is 19.4 Å². The predicted molar refractivity (Wildman–Crippen MR) is 85.2 cm³/mol. The van der Waals surface area contributed by atoms with Crippen molar-refractivity contribution in [2.45, 2.75) is 26.0 Å². The highest BCUT2D eigenvalue weighted by Crippen LogP contribution is 2.46. The molecule has 22 heavy (non-hydrogen) atoms. The molecule has 1 unspecified atom stereocenters. The Kier molecular flexibility index (Phi) is 3.48. The van der Waals surface area contributed by atoms with Crippen LogP contribution in [-0.2, 0) is 4.74 Å². The number of hydrogen-bond donors (Lipinski definition) is 3. The van der Waals surface area contributed by atoms with Crippen LogP contribution in [0.4, 0.5) is 5.69 Å². The summed E-state index contributed by atoms with van der Waals surface area (Å²) in [5.41, 5.74) is 2.22. The van der Waals surface area contributed by atoms with E-state index in [1.165, 1.54) is 7.11 Å². The second kappa shape index (κ2) is 5.33. The molecule has 1 aromatic carbocycles. The van der Waals surface area contributed by atoms with Crippen LogP contribution < -0.4 is 10.1 Å². The molecule has 0 spiro atoms. The van der Waals surface area contributed by atoms with E-state index in [2.05, 4.69) is 5.32 Å². The number of phenols is 2. The van der Waals surface area contributed by atoms with Gasteiger partial charge in [-0.15, -0.1) is 0 Å². The lowest BCUT2D eigenvalue weighted by molar-refractivity contribution is 0.157. The fourth-order valence-electron chi connectivity index (χ4n) is 2.62. The third-order valence-electron chi connectivity index (χ3n) is 3.61. The Morgan fingerprint density at radius 2 is 1.95 bits per heavy atom. The number of fused-ring (bicyclic) bond motifs is 2. The van der Waals surface area contributed by atoms with Crippen LogP contribution in [0.25, 0.3) is 6.08 Å². The summed E-state index contributed by atoms with van der Waals surface area (Å²) < 4.78 is 10.8. The van der Waals surface area contributed by atoms with E-state index in [-0.39, 0.29) is 29.4 Å². The summed E-state index contributed by atoms with van der Waals surface area (Å²) in [6.07, 6.45) is 7.80. The van der Waals surface area contributed by atoms with Crippen LogP contribution in [0.15, 0.2) is 35.6 Å². The molecule has 0 aromatic heterocycles. The van der Waals surface area contributed by atoms with E-state index in [1.807, 2.05) is 38.2 Å². The Bertz CT molecular complexity index is 701. The lowest BCUT2D eigenvalue weighted by Gasteiger charge is -2.28. The average Bonchev–Trinajstić information content (AvgIpc) is 2.49. The molecule has 3 N–H and O–H groups in total. The molecule has 1 heterocycles. The van der Waals surface area contributed by atoms with Gasteiger partial charge in [-0.1, -0.05) is 6.08 Å². The van der Waals surface area contributed by atoms with Crippen LogP contribution in [-0.4, -0.2) is 29.5 Å². The van der Waals surface area contributed by atoms with Crippen molar-refractivity contribution in [1.29, 1.82) is 0 Å². The minimum absolute atomic E-state index is 0.000612. The molecule has 5 nitrogen and oxygen atoms in total. The maximum atomic E-state index is 10.2. The highest BCUT2D eigenvalue weighted by atomic mass is 16.5. The Morgan fingerprint density at radius 3 is 2.64 bits per heavy atom. The summed E-state index contributed by atoms with van der Waals surface area (Å²) in [5, 5.41) is 23.4. The number of anilines is 1. The second-order valence-corrected chi connectivity index (χ2v) is 5.58. The Balaban J connectivity index is 2.03. The van der Waals surface area contributed by atoms with Crippen LogP contribution in [0.5, 0.6) is 17.2 Å². The maximum absolute atomic E-state index is 10.2. The molecule has 1 aromatic rings. The third-order valence-corrected chi connectivity index (χ3v) is 3.61. The molecule has 0 saturated heterocycles. The van der Waals surface area contributed by atoms with Gasteiger partial charge in [0, 0.05) is 17.3 Å². The van der Waals surface area contributed by atoms with Crippen molar-refractivity contribution in [3.8, 4) is 17.2 Å². The van der Waals surface area contributed by atoms with Gasteiger partial charge in [-0.3, -0.25) is 0 Å². The van der Waals surface area contributed by atoms with E-state index in [9.17, 15) is 10.2 Å². The Labute approximate surface area is 129 Å². The zero-order valence-electron chi connectivity index (χ0n) is 12.8. The molecule has 3 rings (SSSR count). The zero-order chi connectivity index (χ0) is 15.9. The molecule has 1 atom stereocenters. The molecule has 2 aliphatic rings. The molecule has 0 saturated carbocycles. The average molecular weight is 301 g/mol. The van der Waals surface area contributed by atoms with Gasteiger partial charge < -0.3 is 25.0 Å². The normalized spacial score (nSPS) is 18.8. The first-order valence-corrected chi connectivity index (χ1v) is 7.17. The van der Waals surface area contributed by atoms with Crippen LogP contribution in [0.2, 0.25) is 0 Å². The molecule has 1 aliphatic heterocycles. The standard InChI is InChI=1S/C17H19NO4/c1-9(2)22-11-4-5-13-10(6-11)7-12-14(18-13)8-15(21-3)17(20)16(12)19/h4-9,13,18-20H,1-3H3. The number of phenolic OH excluding ortho intramolecular Hbond substituents is 2. The van der Waals surface area contributed by atoms with Gasteiger partial charge in [0.1, 0.15) is 5.76 Å². The number of benzene rings is 1. The van der Waals surface area contributed by atoms with E-state index in [1.54, 1.807) is 6.07 Å². The molecular formula is C17H19NO4. The molecule has 0 amide bonds. The van der Waals surface area contributed by atoms with E-state index in [0.29, 0.717) is 11.3 Å². The lowest BCUT2D eigenvalue weighted by atomic mass is 9.93. The van der Waals surface area contributed by atoms with Gasteiger partial charge in [0.25, 0.3) is 0 Å². The Hall–Kier alpha value is -2.56. The smallest absolute Gasteiger partial charge is 0.201 e. The number of nitrogens with one attached hydrogen (secondary N) is 1. The van der Waals surface area contributed by atoms with Crippen molar-refractivity contribution in [2.24, 2.45) is 0 Å². The number of ether oxygens (including phenoxy) is 2. The van der Waals surface area contributed by atoms with Gasteiger partial charge in [-0.25, -0.2) is 0 Å². The van der Waals surface area contributed by atoms with Gasteiger partial charge >= 0.3 is 0 Å². The van der Waals surface area contributed by atoms with Crippen molar-refractivity contribution in [1.82, 2.24) is 0 Å². The first kappa shape index (κ1) is 14.4. The topological polar surface area (TPSA) is 71.0 Å². The highest BCUT2D eigenvalue weighted by Gasteiger charge is 2.25. The molecule has 1 aliphatic carbocycles. The second-order valence-electron chi connectivity index (χ2n) is 5.58. The first-order valence-electron chi connectivity index (χ1n) is 7.17. The summed E-state index contributed by atoms with van der Waals surface area (Å²) in [7, 11) is 1.45. The number of methoxy groups -OCH3 is 1. The summed E-state index contributed by atoms with van der Waals surface area (Å²) in [6, 6.07) is 1.68. The van der Waals surface area contributed by atoms with Crippen LogP contribution in [0.3, 0.4) is 0 Å². The van der Waals surface area contributed by atoms with E-state index >= 15 is 0 Å². The van der Waals surface area contributed by atoms with Crippen LogP contribution >= 0.6 is 0 Å². The molecule has 0 bridgehead atoms. The quantitative estimate of drug-likeness (QED) is 0.591. The molecule has 116 valence electrons. The van der Waals surface area contributed by atoms with Crippen molar-refractivity contribution < 1.29 is 19.7 Å². The van der Waals surface area contributed by atoms with E-state index in [4.69, 9.17) is 9.47 Å². The summed E-state index contributed by atoms with van der Waals surface area (Å²) in [4.78, 5) is 0. The number of allylic oxidation sites excluding steroid dienone is 1. The van der Waals surface area contributed by atoms with Crippen molar-refractivity contribution in [3.63, 3.8) is 0 Å². The van der Waals surface area contributed by atoms with E-state index < -0.39 is 0 Å². The largest absolute Gasteiger partial charge is 0.504 e. The van der Waals surface area contributed by atoms with Gasteiger partial charge in [-0.2, -0.15) is 0 Å². The highest BCUT2D eigenvalue weighted by molar-refractivity contribution is 5.84. The fraction of sp³-hybridized carbons (Fsp3) is 0.294. The minimum Gasteiger partial charge on any atom is -0.504 e. The SMILES string of the molecule is COc1cc2c(c(O)c1O)C=C1C=C(OC(C)C)C=CC1N2. The monoisotopic (exact) mass is 301 g/mol. The fourth-order valence-corrected chi connectivity index (χ4v) is 2.62. The maximum Gasteiger partial charge on any atom is 0.201 e. The summed E-state index contributed by atoms with van der Waals surface area (Å²) >= 11 is 0. The number of aromatic hydroxyl groups is 2. The number of hydrogen-bond acceptors (Lipinski definition) is 5. The predicted octanol–water partition coefficient (Wildman–Crippen LogP) is 3.16. The van der Waals surface area contributed by atoms with Crippen molar-refractivity contribution >= 4 is 11.8 Å². The van der Waals surface area contributed by atoms with Gasteiger partial charge in [0.05, 0.1) is 19.3 Å². The van der Waals surface area contributed by atoms with E-state index in [0.717, 1.165) is 11.3 Å². The Morgan fingerprint density at radius 1 is 1.18 bits per heavy atom.